The van der Waals surface area contributed by atoms with Crippen molar-refractivity contribution in [3.8, 4) is 0 Å². The van der Waals surface area contributed by atoms with Gasteiger partial charge in [0.1, 0.15) is 0 Å². The summed E-state index contributed by atoms with van der Waals surface area (Å²) in [5.74, 6) is 0. The van der Waals surface area contributed by atoms with Gasteiger partial charge in [0, 0.05) is 18.1 Å². The molecule has 1 aromatic carbocycles. The highest BCUT2D eigenvalue weighted by molar-refractivity contribution is 6.31. The van der Waals surface area contributed by atoms with Crippen LogP contribution in [0.15, 0.2) is 18.2 Å². The van der Waals surface area contributed by atoms with Gasteiger partial charge in [0.15, 0.2) is 0 Å². The maximum absolute atomic E-state index is 10.2. The van der Waals surface area contributed by atoms with Gasteiger partial charge < -0.3 is 9.84 Å². The first kappa shape index (κ1) is 15.5. The summed E-state index contributed by atoms with van der Waals surface area (Å²) in [7, 11) is 0. The van der Waals surface area contributed by atoms with Crippen molar-refractivity contribution in [3.05, 3.63) is 34.3 Å². The normalized spacial score (nSPS) is 14.5. The predicted octanol–water partition coefficient (Wildman–Crippen LogP) is 3.76. The van der Waals surface area contributed by atoms with Crippen molar-refractivity contribution >= 4 is 11.6 Å². The lowest BCUT2D eigenvalue weighted by Gasteiger charge is -2.23. The van der Waals surface area contributed by atoms with E-state index in [9.17, 15) is 5.11 Å². The van der Waals surface area contributed by atoms with Crippen molar-refractivity contribution in [2.24, 2.45) is 0 Å². The predicted molar refractivity (Wildman–Crippen MR) is 76.2 cm³/mol. The molecule has 0 aliphatic rings. The Morgan fingerprint density at radius 3 is 2.61 bits per heavy atom. The second-order valence-corrected chi connectivity index (χ2v) is 5.06. The molecule has 0 saturated carbocycles. The third-order valence-electron chi connectivity index (χ3n) is 3.02. The van der Waals surface area contributed by atoms with Gasteiger partial charge in [-0.05, 0) is 37.5 Å². The molecule has 0 bridgehead atoms. The highest BCUT2D eigenvalue weighted by Crippen LogP contribution is 2.21. The van der Waals surface area contributed by atoms with Gasteiger partial charge in [-0.15, -0.1) is 0 Å². The second kappa shape index (κ2) is 7.78. The maximum atomic E-state index is 10.2. The molecule has 0 saturated heterocycles. The molecule has 2 nitrogen and oxygen atoms in total. The molecule has 1 aromatic rings. The van der Waals surface area contributed by atoms with Gasteiger partial charge in [0.2, 0.25) is 0 Å². The summed E-state index contributed by atoms with van der Waals surface area (Å²) >= 11 is 6.18. The highest BCUT2D eigenvalue weighted by Gasteiger charge is 2.19. The van der Waals surface area contributed by atoms with E-state index in [0.29, 0.717) is 13.0 Å². The lowest BCUT2D eigenvalue weighted by molar-refractivity contribution is -0.0363. The number of halogens is 1. The number of aliphatic hydroxyl groups excluding tert-OH is 1. The fourth-order valence-electron chi connectivity index (χ4n) is 2.06. The Balaban J connectivity index is 2.69. The average molecular weight is 271 g/mol. The first-order valence-electron chi connectivity index (χ1n) is 6.63. The summed E-state index contributed by atoms with van der Waals surface area (Å²) < 4.78 is 5.59. The zero-order chi connectivity index (χ0) is 13.5. The summed E-state index contributed by atoms with van der Waals surface area (Å²) in [6.07, 6.45) is 1.83. The molecule has 0 spiro atoms. The quantitative estimate of drug-likeness (QED) is 0.818. The lowest BCUT2D eigenvalue weighted by Crippen LogP contribution is -2.31. The van der Waals surface area contributed by atoms with Crippen LogP contribution in [0.5, 0.6) is 0 Å². The maximum Gasteiger partial charge on any atom is 0.0842 e. The monoisotopic (exact) mass is 270 g/mol. The van der Waals surface area contributed by atoms with Gasteiger partial charge in [0.05, 0.1) is 12.2 Å². The minimum atomic E-state index is -0.495. The number of benzene rings is 1. The van der Waals surface area contributed by atoms with Crippen molar-refractivity contribution in [1.29, 1.82) is 0 Å². The van der Waals surface area contributed by atoms with Crippen molar-refractivity contribution in [2.75, 3.05) is 6.61 Å². The SMILES string of the molecule is CCCC(OCC)C(O)Cc1ccc(C)cc1Cl. The van der Waals surface area contributed by atoms with Crippen LogP contribution in [0.2, 0.25) is 5.02 Å². The number of aliphatic hydroxyl groups is 1. The van der Waals surface area contributed by atoms with Crippen molar-refractivity contribution in [2.45, 2.75) is 52.2 Å². The van der Waals surface area contributed by atoms with Crippen molar-refractivity contribution in [3.63, 3.8) is 0 Å². The molecule has 2 atom stereocenters. The Hall–Kier alpha value is -0.570. The molecule has 1 rings (SSSR count). The topological polar surface area (TPSA) is 29.5 Å². The summed E-state index contributed by atoms with van der Waals surface area (Å²) in [6.45, 7) is 6.68. The van der Waals surface area contributed by atoms with Gasteiger partial charge in [0.25, 0.3) is 0 Å². The smallest absolute Gasteiger partial charge is 0.0842 e. The van der Waals surface area contributed by atoms with Crippen LogP contribution in [0, 0.1) is 6.92 Å². The molecule has 0 aliphatic heterocycles. The van der Waals surface area contributed by atoms with E-state index in [4.69, 9.17) is 16.3 Å². The third kappa shape index (κ3) is 4.60. The van der Waals surface area contributed by atoms with Crippen molar-refractivity contribution in [1.82, 2.24) is 0 Å². The Kier molecular flexibility index (Phi) is 6.69. The van der Waals surface area contributed by atoms with Crippen LogP contribution in [0.3, 0.4) is 0 Å². The Morgan fingerprint density at radius 1 is 1.33 bits per heavy atom. The van der Waals surface area contributed by atoms with E-state index in [2.05, 4.69) is 6.92 Å². The number of aryl methyl sites for hydroxylation is 1. The summed E-state index contributed by atoms with van der Waals surface area (Å²) in [5, 5.41) is 11.0. The first-order chi connectivity index (χ1) is 8.58. The van der Waals surface area contributed by atoms with Crippen molar-refractivity contribution < 1.29 is 9.84 Å². The van der Waals surface area contributed by atoms with Crippen LogP contribution in [0.1, 0.15) is 37.8 Å². The standard InChI is InChI=1S/C15H23ClO2/c1-4-6-15(18-5-2)14(17)10-12-8-7-11(3)9-13(12)16/h7-9,14-15,17H,4-6,10H2,1-3H3. The van der Waals surface area contributed by atoms with Crippen LogP contribution in [-0.2, 0) is 11.2 Å². The Morgan fingerprint density at radius 2 is 2.06 bits per heavy atom. The molecule has 0 aliphatic carbocycles. The molecular formula is C15H23ClO2. The molecule has 0 fully saturated rings. The second-order valence-electron chi connectivity index (χ2n) is 4.65. The molecule has 0 radical (unpaired) electrons. The number of ether oxygens (including phenoxy) is 1. The fourth-order valence-corrected chi connectivity index (χ4v) is 2.37. The summed E-state index contributed by atoms with van der Waals surface area (Å²) in [6, 6.07) is 5.93. The minimum absolute atomic E-state index is 0.0997. The first-order valence-corrected chi connectivity index (χ1v) is 7.01. The van der Waals surface area contributed by atoms with Gasteiger partial charge in [-0.2, -0.15) is 0 Å². The highest BCUT2D eigenvalue weighted by atomic mass is 35.5. The Labute approximate surface area is 115 Å². The third-order valence-corrected chi connectivity index (χ3v) is 3.37. The molecule has 1 N–H and O–H groups in total. The molecule has 102 valence electrons. The molecule has 18 heavy (non-hydrogen) atoms. The number of rotatable bonds is 7. The fraction of sp³-hybridized carbons (Fsp3) is 0.600. The van der Waals surface area contributed by atoms with E-state index in [-0.39, 0.29) is 6.10 Å². The molecule has 0 heterocycles. The van der Waals surface area contributed by atoms with Crippen LogP contribution in [0.4, 0.5) is 0 Å². The van der Waals surface area contributed by atoms with Gasteiger partial charge >= 0.3 is 0 Å². The molecule has 0 amide bonds. The van der Waals surface area contributed by atoms with E-state index in [1.165, 1.54) is 0 Å². The van der Waals surface area contributed by atoms with E-state index >= 15 is 0 Å². The molecular weight excluding hydrogens is 248 g/mol. The average Bonchev–Trinajstić information content (AvgIpc) is 2.32. The molecule has 2 unspecified atom stereocenters. The van der Waals surface area contributed by atoms with E-state index in [1.807, 2.05) is 32.0 Å². The number of hydrogen-bond donors (Lipinski definition) is 1. The zero-order valence-corrected chi connectivity index (χ0v) is 12.2. The Bertz CT molecular complexity index is 360. The largest absolute Gasteiger partial charge is 0.390 e. The number of hydrogen-bond acceptors (Lipinski definition) is 2. The van der Waals surface area contributed by atoms with Crippen LogP contribution < -0.4 is 0 Å². The van der Waals surface area contributed by atoms with Crippen LogP contribution in [-0.4, -0.2) is 23.9 Å². The minimum Gasteiger partial charge on any atom is -0.390 e. The van der Waals surface area contributed by atoms with E-state index in [0.717, 1.165) is 29.0 Å². The van der Waals surface area contributed by atoms with Gasteiger partial charge in [-0.3, -0.25) is 0 Å². The van der Waals surface area contributed by atoms with Crippen LogP contribution in [0.25, 0.3) is 0 Å². The molecule has 0 aromatic heterocycles. The van der Waals surface area contributed by atoms with Gasteiger partial charge in [-0.1, -0.05) is 37.1 Å². The van der Waals surface area contributed by atoms with Gasteiger partial charge in [-0.25, -0.2) is 0 Å². The summed E-state index contributed by atoms with van der Waals surface area (Å²) in [5.41, 5.74) is 2.11. The van der Waals surface area contributed by atoms with E-state index < -0.39 is 6.10 Å². The van der Waals surface area contributed by atoms with E-state index in [1.54, 1.807) is 0 Å². The lowest BCUT2D eigenvalue weighted by atomic mass is 10.00. The zero-order valence-electron chi connectivity index (χ0n) is 11.4. The molecule has 3 heteroatoms. The summed E-state index contributed by atoms with van der Waals surface area (Å²) in [4.78, 5) is 0. The van der Waals surface area contributed by atoms with Crippen LogP contribution >= 0.6 is 11.6 Å².